The molecule has 0 radical (unpaired) electrons. The lowest BCUT2D eigenvalue weighted by atomic mass is 10.0. The number of esters is 1. The number of nitrogens with zero attached hydrogens (tertiary/aromatic N) is 6. The molecule has 386 valence electrons. The van der Waals surface area contributed by atoms with Crippen LogP contribution >= 0.6 is 69.1 Å². The van der Waals surface area contributed by atoms with E-state index < -0.39 is 5.97 Å². The van der Waals surface area contributed by atoms with Crippen LogP contribution in [0.3, 0.4) is 0 Å². The molecule has 6 atom stereocenters. The number of halogens is 4. The second-order valence-electron chi connectivity index (χ2n) is 20.4. The number of hydrogen-bond donors (Lipinski definition) is 1. The molecule has 6 aliphatic rings. The largest absolute Gasteiger partial charge is 0.478 e. The number of aromatic nitrogens is 4. The average Bonchev–Trinajstić information content (AvgIpc) is 3.85. The molecule has 6 fully saturated rings. The van der Waals surface area contributed by atoms with Gasteiger partial charge in [0, 0.05) is 71.1 Å². The lowest BCUT2D eigenvalue weighted by Crippen LogP contribution is -2.38. The molecular weight excluding hydrogens is 1080 g/mol. The molecule has 0 unspecified atom stereocenters. The first-order valence-corrected chi connectivity index (χ1v) is 28.4. The SMILES string of the molecule is COC(=O)c1ccc2nc(N3C[C@@H]4C[C@H]3C[C@H]4OCc3c(-c4c(Cl)cccc4Cl)noc3C3CC3)sc2c1.O=C(O)c1ccc2nc(N3C[C@@H]4C[C@H]3C[C@H]4OCc3c(-c4c(Cl)cccc4Cl)noc3C3CC3)sc2c1. The van der Waals surface area contributed by atoms with Gasteiger partial charge in [-0.1, -0.05) is 91.5 Å². The Morgan fingerprint density at radius 3 is 1.48 bits per heavy atom. The topological polar surface area (TPSA) is 166 Å². The Hall–Kier alpha value is -5.30. The second-order valence-corrected chi connectivity index (χ2v) is 24.1. The number of carbonyl (C=O) groups is 2. The summed E-state index contributed by atoms with van der Waals surface area (Å²) < 4.78 is 31.4. The molecule has 1 N–H and O–H groups in total. The predicted molar refractivity (Wildman–Crippen MR) is 290 cm³/mol. The van der Waals surface area contributed by atoms with E-state index in [9.17, 15) is 14.7 Å². The molecule has 6 heterocycles. The van der Waals surface area contributed by atoms with Crippen LogP contribution in [0.15, 0.2) is 81.8 Å². The summed E-state index contributed by atoms with van der Waals surface area (Å²) in [5.41, 5.74) is 7.26. The van der Waals surface area contributed by atoms with Crippen molar-refractivity contribution in [3.63, 3.8) is 0 Å². The minimum Gasteiger partial charge on any atom is -0.478 e. The summed E-state index contributed by atoms with van der Waals surface area (Å²) in [6.07, 6.45) is 8.70. The zero-order valence-corrected chi connectivity index (χ0v) is 45.0. The highest BCUT2D eigenvalue weighted by atomic mass is 35.5. The summed E-state index contributed by atoms with van der Waals surface area (Å²) in [6.45, 7) is 2.63. The first-order chi connectivity index (χ1) is 36.5. The van der Waals surface area contributed by atoms with Gasteiger partial charge in [-0.15, -0.1) is 0 Å². The summed E-state index contributed by atoms with van der Waals surface area (Å²) in [5.74, 6) is 2.15. The Labute approximate surface area is 458 Å². The number of aromatic carboxylic acids is 1. The smallest absolute Gasteiger partial charge is 0.337 e. The summed E-state index contributed by atoms with van der Waals surface area (Å²) >= 11 is 29.2. The summed E-state index contributed by atoms with van der Waals surface area (Å²) in [7, 11) is 1.40. The number of rotatable bonds is 14. The zero-order valence-electron chi connectivity index (χ0n) is 40.3. The van der Waals surface area contributed by atoms with E-state index in [0.717, 1.165) is 118 Å². The van der Waals surface area contributed by atoms with E-state index in [1.54, 1.807) is 46.9 Å². The highest BCUT2D eigenvalue weighted by Crippen LogP contribution is 2.50. The molecule has 4 aromatic heterocycles. The van der Waals surface area contributed by atoms with Crippen LogP contribution in [0.4, 0.5) is 10.3 Å². The predicted octanol–water partition coefficient (Wildman–Crippen LogP) is 14.1. The first kappa shape index (κ1) is 49.3. The molecule has 2 saturated heterocycles. The van der Waals surface area contributed by atoms with E-state index in [4.69, 9.17) is 79.6 Å². The third kappa shape index (κ3) is 9.36. The van der Waals surface area contributed by atoms with E-state index in [0.29, 0.717) is 97.1 Å². The van der Waals surface area contributed by atoms with Crippen LogP contribution < -0.4 is 9.80 Å². The van der Waals surface area contributed by atoms with Crippen LogP contribution in [0.5, 0.6) is 0 Å². The van der Waals surface area contributed by atoms with Gasteiger partial charge in [-0.05, 0) is 112 Å². The standard InChI is InChI=1S/C28H25Cl2N3O4S.C27H23Cl2N3O4S/c1-35-27(34)15-7-8-21-23(10-15)38-28(31-21)33-12-16-9-17(33)11-22(16)36-13-18-25(32-37-26(18)14-5-6-14)24-19(29)3-2-4-20(24)30;28-18-2-1-3-19(29)23(18)24-17(25(36-31-24)13-4-5-13)12-35-21-10-16-8-15(21)11-32(16)27-30-20-7-6-14(26(33)34)9-22(20)37-27/h2-4,7-8,10,14,16-17,22H,5-6,9,11-13H2,1H3;1-3,6-7,9,13,15-16,21H,4-5,8,10-12H2,(H,33,34)/t16-,17-,22+;15-,16-,21+/m00/s1. The quantitative estimate of drug-likeness (QED) is 0.102. The van der Waals surface area contributed by atoms with Crippen LogP contribution in [-0.4, -0.2) is 81.8 Å². The van der Waals surface area contributed by atoms with E-state index in [1.807, 2.05) is 48.5 Å². The van der Waals surface area contributed by atoms with Gasteiger partial charge in [-0.25, -0.2) is 19.6 Å². The van der Waals surface area contributed by atoms with E-state index in [2.05, 4.69) is 20.1 Å². The Balaban J connectivity index is 0.000000144. The van der Waals surface area contributed by atoms with Gasteiger partial charge in [0.25, 0.3) is 0 Å². The second kappa shape index (κ2) is 19.9. The molecule has 0 amide bonds. The van der Waals surface area contributed by atoms with Crippen LogP contribution in [0, 0.1) is 11.8 Å². The van der Waals surface area contributed by atoms with Gasteiger partial charge in [-0.3, -0.25) is 0 Å². The lowest BCUT2D eigenvalue weighted by Gasteiger charge is -2.31. The molecule has 4 aromatic carbocycles. The van der Waals surface area contributed by atoms with Gasteiger partial charge < -0.3 is 38.2 Å². The van der Waals surface area contributed by atoms with Gasteiger partial charge in [0.2, 0.25) is 0 Å². The summed E-state index contributed by atoms with van der Waals surface area (Å²) in [4.78, 5) is 37.7. The number of hydrogen-bond acceptors (Lipinski definition) is 15. The molecule has 14 nitrogen and oxygen atoms in total. The van der Waals surface area contributed by atoms with Crippen LogP contribution in [0.1, 0.15) is 107 Å². The average molecular weight is 1130 g/mol. The zero-order chi connectivity index (χ0) is 51.2. The highest BCUT2D eigenvalue weighted by Gasteiger charge is 2.48. The summed E-state index contributed by atoms with van der Waals surface area (Å²) in [5, 5.41) is 22.2. The molecule has 20 heteroatoms. The fourth-order valence-corrected chi connectivity index (χ4v) is 14.9. The third-order valence-corrected chi connectivity index (χ3v) is 19.1. The van der Waals surface area contributed by atoms with Gasteiger partial charge in [0.05, 0.1) is 84.2 Å². The summed E-state index contributed by atoms with van der Waals surface area (Å²) in [6, 6.07) is 22.3. The first-order valence-electron chi connectivity index (χ1n) is 25.2. The van der Waals surface area contributed by atoms with Crippen molar-refractivity contribution < 1.29 is 38.0 Å². The van der Waals surface area contributed by atoms with Crippen molar-refractivity contribution in [2.24, 2.45) is 11.8 Å². The lowest BCUT2D eigenvalue weighted by molar-refractivity contribution is 0.0122. The fraction of sp³-hybridized carbons (Fsp3) is 0.382. The number of methoxy groups -OCH3 is 1. The van der Waals surface area contributed by atoms with E-state index >= 15 is 0 Å². The van der Waals surface area contributed by atoms with E-state index in [-0.39, 0.29) is 23.7 Å². The number of carbonyl (C=O) groups excluding carboxylic acids is 1. The Morgan fingerprint density at radius 1 is 0.640 bits per heavy atom. The number of benzene rings is 4. The number of carboxylic acids is 1. The molecule has 4 bridgehead atoms. The fourth-order valence-electron chi connectivity index (χ4n) is 11.6. The van der Waals surface area contributed by atoms with Gasteiger partial charge >= 0.3 is 11.9 Å². The van der Waals surface area contributed by atoms with Crippen molar-refractivity contribution in [2.75, 3.05) is 30.0 Å². The number of carboxylic acid groups (broad SMARTS) is 1. The molecule has 0 spiro atoms. The molecule has 4 saturated carbocycles. The Kier molecular flexibility index (Phi) is 13.1. The van der Waals surface area contributed by atoms with Crippen molar-refractivity contribution in [1.82, 2.24) is 20.3 Å². The molecular formula is C55H48Cl4N6O8S2. The van der Waals surface area contributed by atoms with Crippen molar-refractivity contribution in [1.29, 1.82) is 0 Å². The Morgan fingerprint density at radius 2 is 1.08 bits per heavy atom. The molecule has 75 heavy (non-hydrogen) atoms. The maximum Gasteiger partial charge on any atom is 0.337 e. The third-order valence-electron chi connectivity index (χ3n) is 15.7. The molecule has 8 aromatic rings. The van der Waals surface area contributed by atoms with Crippen molar-refractivity contribution in [3.8, 4) is 22.5 Å². The maximum absolute atomic E-state index is 11.9. The number of piperidine rings is 2. The normalized spacial score (nSPS) is 22.7. The van der Waals surface area contributed by atoms with E-state index in [1.165, 1.54) is 7.11 Å². The molecule has 2 aliphatic heterocycles. The van der Waals surface area contributed by atoms with Crippen molar-refractivity contribution in [3.05, 3.63) is 127 Å². The molecule has 4 aliphatic carbocycles. The number of thiazole rings is 2. The monoisotopic (exact) mass is 1120 g/mol. The van der Waals surface area contributed by atoms with Gasteiger partial charge in [0.1, 0.15) is 22.9 Å². The minimum atomic E-state index is -0.922. The van der Waals surface area contributed by atoms with Gasteiger partial charge in [0.15, 0.2) is 10.3 Å². The van der Waals surface area contributed by atoms with Crippen molar-refractivity contribution >= 4 is 112 Å². The Bertz CT molecular complexity index is 3500. The number of fused-ring (bicyclic) bond motifs is 6. The van der Waals surface area contributed by atoms with Crippen LogP contribution in [0.2, 0.25) is 20.1 Å². The molecule has 14 rings (SSSR count). The van der Waals surface area contributed by atoms with Crippen molar-refractivity contribution in [2.45, 2.75) is 101 Å². The maximum atomic E-state index is 11.9. The number of ether oxygens (including phenoxy) is 3. The highest BCUT2D eigenvalue weighted by molar-refractivity contribution is 7.22. The van der Waals surface area contributed by atoms with Gasteiger partial charge in [-0.2, -0.15) is 0 Å². The number of anilines is 2. The van der Waals surface area contributed by atoms with Crippen LogP contribution in [-0.2, 0) is 27.4 Å². The van der Waals surface area contributed by atoms with Crippen LogP contribution in [0.25, 0.3) is 42.9 Å². The minimum absolute atomic E-state index is 0.144.